The number of hydrogen-bond donors (Lipinski definition) is 0. The zero-order valence-electron chi connectivity index (χ0n) is 13.4. The summed E-state index contributed by atoms with van der Waals surface area (Å²) in [6, 6.07) is 5.07. The summed E-state index contributed by atoms with van der Waals surface area (Å²) < 4.78 is 0. The number of nitrogens with zero attached hydrogens (tertiary/aromatic N) is 1. The molecule has 0 spiro atoms. The molecule has 120 valence electrons. The van der Waals surface area contributed by atoms with Crippen LogP contribution in [0, 0.1) is 0 Å². The highest BCUT2D eigenvalue weighted by atomic mass is 32.1. The summed E-state index contributed by atoms with van der Waals surface area (Å²) in [7, 11) is 0. The standard InChI is InChI=1S/C19H27NOS/c21-19(14-13-18-12-7-15-22-18)20(16-8-3-1-4-9-16)17-10-5-2-6-11-17/h7,12-17H,1-6,8-11H2/b14-13+. The first kappa shape index (κ1) is 15.8. The third-order valence-corrected chi connectivity index (χ3v) is 5.96. The van der Waals surface area contributed by atoms with E-state index >= 15 is 0 Å². The van der Waals surface area contributed by atoms with Crippen molar-refractivity contribution in [1.29, 1.82) is 0 Å². The number of carbonyl (C=O) groups excluding carboxylic acids is 1. The smallest absolute Gasteiger partial charge is 0.247 e. The van der Waals surface area contributed by atoms with Gasteiger partial charge < -0.3 is 4.90 Å². The Morgan fingerprint density at radius 3 is 2.09 bits per heavy atom. The van der Waals surface area contributed by atoms with Crippen molar-refractivity contribution in [3.8, 4) is 0 Å². The van der Waals surface area contributed by atoms with E-state index in [0.717, 1.165) is 0 Å². The fourth-order valence-corrected chi connectivity index (χ4v) is 4.62. The van der Waals surface area contributed by atoms with Gasteiger partial charge in [0.05, 0.1) is 0 Å². The Bertz CT molecular complexity index is 464. The Morgan fingerprint density at radius 1 is 1.00 bits per heavy atom. The monoisotopic (exact) mass is 317 g/mol. The molecule has 0 radical (unpaired) electrons. The van der Waals surface area contributed by atoms with E-state index < -0.39 is 0 Å². The van der Waals surface area contributed by atoms with Crippen molar-refractivity contribution in [1.82, 2.24) is 4.90 Å². The zero-order valence-corrected chi connectivity index (χ0v) is 14.2. The van der Waals surface area contributed by atoms with Crippen LogP contribution in [0.1, 0.15) is 69.1 Å². The van der Waals surface area contributed by atoms with E-state index in [1.165, 1.54) is 69.1 Å². The molecule has 0 aliphatic heterocycles. The number of carbonyl (C=O) groups is 1. The summed E-state index contributed by atoms with van der Waals surface area (Å²) in [5.74, 6) is 0.243. The fourth-order valence-electron chi connectivity index (χ4n) is 4.00. The minimum atomic E-state index is 0.243. The van der Waals surface area contributed by atoms with Crippen molar-refractivity contribution in [2.45, 2.75) is 76.3 Å². The van der Waals surface area contributed by atoms with Crippen molar-refractivity contribution < 1.29 is 4.79 Å². The molecule has 0 bridgehead atoms. The molecule has 1 heterocycles. The molecule has 1 amide bonds. The van der Waals surface area contributed by atoms with Crippen molar-refractivity contribution in [3.63, 3.8) is 0 Å². The second kappa shape index (κ2) is 7.96. The second-order valence-electron chi connectivity index (χ2n) is 6.68. The van der Waals surface area contributed by atoms with Crippen LogP contribution < -0.4 is 0 Å². The van der Waals surface area contributed by atoms with Crippen LogP contribution in [0.15, 0.2) is 23.6 Å². The highest BCUT2D eigenvalue weighted by Crippen LogP contribution is 2.30. The number of amides is 1. The van der Waals surface area contributed by atoms with Crippen molar-refractivity contribution in [2.24, 2.45) is 0 Å². The molecule has 0 unspecified atom stereocenters. The van der Waals surface area contributed by atoms with Gasteiger partial charge in [0.2, 0.25) is 5.91 Å². The van der Waals surface area contributed by atoms with Crippen molar-refractivity contribution in [2.75, 3.05) is 0 Å². The lowest BCUT2D eigenvalue weighted by Crippen LogP contribution is -2.48. The van der Waals surface area contributed by atoms with Gasteiger partial charge in [0.1, 0.15) is 0 Å². The van der Waals surface area contributed by atoms with Gasteiger partial charge in [-0.15, -0.1) is 11.3 Å². The Morgan fingerprint density at radius 2 is 1.59 bits per heavy atom. The van der Waals surface area contributed by atoms with Crippen molar-refractivity contribution in [3.05, 3.63) is 28.5 Å². The van der Waals surface area contributed by atoms with E-state index in [1.807, 2.05) is 18.2 Å². The van der Waals surface area contributed by atoms with Gasteiger partial charge in [-0.1, -0.05) is 44.6 Å². The first-order chi connectivity index (χ1) is 10.8. The van der Waals surface area contributed by atoms with Gasteiger partial charge in [0.25, 0.3) is 0 Å². The predicted octanol–water partition coefficient (Wildman–Crippen LogP) is 5.26. The SMILES string of the molecule is O=C(/C=C/c1cccs1)N(C1CCCCC1)C1CCCCC1. The molecule has 0 N–H and O–H groups in total. The van der Waals surface area contributed by atoms with Gasteiger partial charge in [0, 0.05) is 23.0 Å². The van der Waals surface area contributed by atoms with E-state index in [4.69, 9.17) is 0 Å². The van der Waals surface area contributed by atoms with Crippen LogP contribution in [-0.2, 0) is 4.79 Å². The third-order valence-electron chi connectivity index (χ3n) is 5.12. The van der Waals surface area contributed by atoms with Crippen LogP contribution in [-0.4, -0.2) is 22.9 Å². The van der Waals surface area contributed by atoms with E-state index in [1.54, 1.807) is 11.3 Å². The predicted molar refractivity (Wildman–Crippen MR) is 93.9 cm³/mol. The maximum absolute atomic E-state index is 12.9. The highest BCUT2D eigenvalue weighted by Gasteiger charge is 2.31. The van der Waals surface area contributed by atoms with Gasteiger partial charge in [-0.2, -0.15) is 0 Å². The minimum Gasteiger partial charge on any atom is -0.333 e. The molecule has 2 saturated carbocycles. The quantitative estimate of drug-likeness (QED) is 0.694. The van der Waals surface area contributed by atoms with E-state index in [0.29, 0.717) is 12.1 Å². The molecule has 3 rings (SSSR count). The van der Waals surface area contributed by atoms with Gasteiger partial charge >= 0.3 is 0 Å². The molecule has 1 aromatic rings. The Kier molecular flexibility index (Phi) is 5.71. The van der Waals surface area contributed by atoms with Crippen LogP contribution >= 0.6 is 11.3 Å². The Labute approximate surface area is 138 Å². The molecule has 2 aliphatic carbocycles. The highest BCUT2D eigenvalue weighted by molar-refractivity contribution is 7.10. The largest absolute Gasteiger partial charge is 0.333 e. The topological polar surface area (TPSA) is 20.3 Å². The molecule has 0 aromatic carbocycles. The van der Waals surface area contributed by atoms with Gasteiger partial charge in [0.15, 0.2) is 0 Å². The first-order valence-corrected chi connectivity index (χ1v) is 9.76. The van der Waals surface area contributed by atoms with Gasteiger partial charge in [-0.3, -0.25) is 4.79 Å². The summed E-state index contributed by atoms with van der Waals surface area (Å²) >= 11 is 1.69. The van der Waals surface area contributed by atoms with E-state index in [-0.39, 0.29) is 5.91 Å². The normalized spacial score (nSPS) is 21.3. The van der Waals surface area contributed by atoms with Crippen LogP contribution in [0.25, 0.3) is 6.08 Å². The van der Waals surface area contributed by atoms with Crippen molar-refractivity contribution >= 4 is 23.3 Å². The molecule has 1 aromatic heterocycles. The molecule has 2 fully saturated rings. The van der Waals surface area contributed by atoms with Crippen LogP contribution in [0.5, 0.6) is 0 Å². The average Bonchev–Trinajstić information content (AvgIpc) is 3.09. The number of rotatable bonds is 4. The lowest BCUT2D eigenvalue weighted by Gasteiger charge is -2.41. The summed E-state index contributed by atoms with van der Waals surface area (Å²) in [6.45, 7) is 0. The fraction of sp³-hybridized carbons (Fsp3) is 0.632. The molecule has 0 atom stereocenters. The molecule has 2 nitrogen and oxygen atoms in total. The second-order valence-corrected chi connectivity index (χ2v) is 7.66. The molecular weight excluding hydrogens is 290 g/mol. The Balaban J connectivity index is 1.72. The van der Waals surface area contributed by atoms with Gasteiger partial charge in [-0.05, 0) is 43.2 Å². The molecule has 3 heteroatoms. The molecular formula is C19H27NOS. The summed E-state index contributed by atoms with van der Waals surface area (Å²) in [4.78, 5) is 16.3. The van der Waals surface area contributed by atoms with Crippen LogP contribution in [0.4, 0.5) is 0 Å². The van der Waals surface area contributed by atoms with Crippen LogP contribution in [0.3, 0.4) is 0 Å². The van der Waals surface area contributed by atoms with Crippen LogP contribution in [0.2, 0.25) is 0 Å². The maximum Gasteiger partial charge on any atom is 0.247 e. The number of hydrogen-bond acceptors (Lipinski definition) is 2. The minimum absolute atomic E-state index is 0.243. The van der Waals surface area contributed by atoms with E-state index in [9.17, 15) is 4.79 Å². The van der Waals surface area contributed by atoms with E-state index in [2.05, 4.69) is 16.3 Å². The molecule has 22 heavy (non-hydrogen) atoms. The summed E-state index contributed by atoms with van der Waals surface area (Å²) in [5.41, 5.74) is 0. The lowest BCUT2D eigenvalue weighted by atomic mass is 9.88. The average molecular weight is 317 g/mol. The third kappa shape index (κ3) is 4.01. The maximum atomic E-state index is 12.9. The Hall–Kier alpha value is -1.09. The number of thiophene rings is 1. The summed E-state index contributed by atoms with van der Waals surface area (Å²) in [5, 5.41) is 2.06. The molecule has 2 aliphatic rings. The molecule has 0 saturated heterocycles. The van der Waals surface area contributed by atoms with Gasteiger partial charge in [-0.25, -0.2) is 0 Å². The zero-order chi connectivity index (χ0) is 15.2. The first-order valence-electron chi connectivity index (χ1n) is 8.88. The summed E-state index contributed by atoms with van der Waals surface area (Å²) in [6.07, 6.45) is 16.5. The lowest BCUT2D eigenvalue weighted by molar-refractivity contribution is -0.132.